The molecule has 206 valence electrons. The number of hydrogen-bond acceptors (Lipinski definition) is 10. The topological polar surface area (TPSA) is 100 Å². The lowest BCUT2D eigenvalue weighted by Gasteiger charge is -2.17. The van der Waals surface area contributed by atoms with Crippen molar-refractivity contribution in [2.45, 2.75) is 20.3 Å². The number of ketones is 1. The minimum atomic E-state index is -0.332. The molecule has 0 unspecified atom stereocenters. The molecule has 0 aromatic heterocycles. The van der Waals surface area contributed by atoms with Gasteiger partial charge in [-0.05, 0) is 44.0 Å². The van der Waals surface area contributed by atoms with Crippen LogP contribution in [0.5, 0.6) is 28.7 Å². The van der Waals surface area contributed by atoms with E-state index in [0.717, 1.165) is 5.57 Å². The predicted molar refractivity (Wildman–Crippen MR) is 139 cm³/mol. The number of methoxy groups -OCH3 is 4. The first-order valence-electron chi connectivity index (χ1n) is 11.8. The van der Waals surface area contributed by atoms with Crippen molar-refractivity contribution >= 4 is 11.9 Å². The Balaban J connectivity index is 2.04. The molecule has 0 radical (unpaired) electrons. The molecule has 2 aromatic rings. The minimum absolute atomic E-state index is 0.0166. The van der Waals surface area contributed by atoms with E-state index < -0.39 is 0 Å². The summed E-state index contributed by atoms with van der Waals surface area (Å²) in [4.78, 5) is 13.6. The Labute approximate surface area is 222 Å². The van der Waals surface area contributed by atoms with Crippen LogP contribution in [-0.4, -0.2) is 61.4 Å². The van der Waals surface area contributed by atoms with Crippen LogP contribution in [0.1, 0.15) is 35.3 Å². The van der Waals surface area contributed by atoms with Crippen molar-refractivity contribution in [3.8, 4) is 28.7 Å². The van der Waals surface area contributed by atoms with E-state index in [-0.39, 0.29) is 38.7 Å². The average Bonchev–Trinajstić information content (AvgIpc) is 3.21. The maximum absolute atomic E-state index is 13.6. The zero-order chi connectivity index (χ0) is 27.5. The molecule has 0 saturated heterocycles. The van der Waals surface area contributed by atoms with E-state index in [0.29, 0.717) is 51.9 Å². The van der Waals surface area contributed by atoms with Crippen LogP contribution in [0.2, 0.25) is 0 Å². The quantitative estimate of drug-likeness (QED) is 0.182. The van der Waals surface area contributed by atoms with Gasteiger partial charge < -0.3 is 42.6 Å². The van der Waals surface area contributed by atoms with Crippen molar-refractivity contribution in [2.75, 3.05) is 55.6 Å². The van der Waals surface area contributed by atoms with Crippen molar-refractivity contribution in [1.82, 2.24) is 0 Å². The highest BCUT2D eigenvalue weighted by Crippen LogP contribution is 2.46. The van der Waals surface area contributed by atoms with Gasteiger partial charge in [0.15, 0.2) is 44.4 Å². The number of benzene rings is 2. The summed E-state index contributed by atoms with van der Waals surface area (Å²) in [6.45, 7) is 4.00. The van der Waals surface area contributed by atoms with Crippen molar-refractivity contribution < 1.29 is 47.4 Å². The van der Waals surface area contributed by atoms with Crippen molar-refractivity contribution in [3.05, 3.63) is 58.4 Å². The number of carbonyl (C=O) groups is 1. The zero-order valence-electron chi connectivity index (χ0n) is 22.6. The summed E-state index contributed by atoms with van der Waals surface area (Å²) in [7, 11) is 6.08. The van der Waals surface area contributed by atoms with E-state index >= 15 is 0 Å². The van der Waals surface area contributed by atoms with Gasteiger partial charge >= 0.3 is 0 Å². The van der Waals surface area contributed by atoms with Gasteiger partial charge in [0.1, 0.15) is 22.8 Å². The van der Waals surface area contributed by atoms with Crippen molar-refractivity contribution in [2.24, 2.45) is 0 Å². The molecular weight excluding hydrogens is 496 g/mol. The monoisotopic (exact) mass is 530 g/mol. The molecule has 1 aliphatic rings. The fourth-order valence-corrected chi connectivity index (χ4v) is 3.60. The summed E-state index contributed by atoms with van der Waals surface area (Å²) >= 11 is 0. The Hall–Kier alpha value is -3.57. The molecular formula is C28H34O10. The highest BCUT2D eigenvalue weighted by molar-refractivity contribution is 6.16. The van der Waals surface area contributed by atoms with E-state index in [9.17, 15) is 4.79 Å². The second-order valence-electron chi connectivity index (χ2n) is 8.39. The van der Waals surface area contributed by atoms with Gasteiger partial charge in [-0.3, -0.25) is 4.79 Å². The average molecular weight is 531 g/mol. The second kappa shape index (κ2) is 14.4. The molecule has 0 spiro atoms. The van der Waals surface area contributed by atoms with Crippen LogP contribution in [0.15, 0.2) is 41.7 Å². The lowest BCUT2D eigenvalue weighted by Crippen LogP contribution is -2.09. The highest BCUT2D eigenvalue weighted by atomic mass is 16.7. The standard InChI is InChI=1S/C28H34O10/c1-18(2)7-9-20-22(35-15-31-4)13-24-26(28(20)37-17-33-6)27(29)25(38-24)12-19-8-10-21(34-14-30-3)23(11-19)36-16-32-5/h7-8,10-13H,9,14-17H2,1-6H3/b25-12-. The highest BCUT2D eigenvalue weighted by Gasteiger charge is 2.35. The van der Waals surface area contributed by atoms with Gasteiger partial charge in [0.25, 0.3) is 0 Å². The molecule has 0 fully saturated rings. The summed E-state index contributed by atoms with van der Waals surface area (Å²) in [5, 5.41) is 0. The number of allylic oxidation sites excluding steroid dienone is 3. The number of ether oxygens (including phenoxy) is 9. The third-order valence-electron chi connectivity index (χ3n) is 5.28. The summed E-state index contributed by atoms with van der Waals surface area (Å²) < 4.78 is 49.1. The van der Waals surface area contributed by atoms with Crippen LogP contribution in [-0.2, 0) is 25.4 Å². The molecule has 1 aliphatic heterocycles. The molecule has 2 aromatic carbocycles. The van der Waals surface area contributed by atoms with Gasteiger partial charge in [-0.1, -0.05) is 17.7 Å². The van der Waals surface area contributed by atoms with Crippen molar-refractivity contribution in [1.29, 1.82) is 0 Å². The summed E-state index contributed by atoms with van der Waals surface area (Å²) in [5.41, 5.74) is 2.74. The van der Waals surface area contributed by atoms with Crippen LogP contribution >= 0.6 is 0 Å². The molecule has 0 amide bonds. The van der Waals surface area contributed by atoms with Crippen LogP contribution in [0.4, 0.5) is 0 Å². The number of rotatable bonds is 15. The summed E-state index contributed by atoms with van der Waals surface area (Å²) in [6.07, 6.45) is 4.11. The van der Waals surface area contributed by atoms with Crippen LogP contribution in [0, 0.1) is 0 Å². The fourth-order valence-electron chi connectivity index (χ4n) is 3.60. The third kappa shape index (κ3) is 7.26. The maximum atomic E-state index is 13.6. The maximum Gasteiger partial charge on any atom is 0.235 e. The Morgan fingerprint density at radius 3 is 2.03 bits per heavy atom. The van der Waals surface area contributed by atoms with Crippen molar-refractivity contribution in [3.63, 3.8) is 0 Å². The Morgan fingerprint density at radius 1 is 0.789 bits per heavy atom. The SMILES string of the molecule is COCOc1ccc(/C=C2\Oc3cc(OCOC)c(CC=C(C)C)c(OCOC)c3C2=O)cc1OCOC. The van der Waals surface area contributed by atoms with Gasteiger partial charge in [0.2, 0.25) is 5.78 Å². The molecule has 10 nitrogen and oxygen atoms in total. The smallest absolute Gasteiger partial charge is 0.235 e. The first-order chi connectivity index (χ1) is 18.4. The third-order valence-corrected chi connectivity index (χ3v) is 5.28. The first-order valence-corrected chi connectivity index (χ1v) is 11.8. The fraction of sp³-hybridized carbons (Fsp3) is 0.393. The molecule has 0 aliphatic carbocycles. The molecule has 10 heteroatoms. The van der Waals surface area contributed by atoms with E-state index in [1.54, 1.807) is 30.3 Å². The Kier molecular flexibility index (Phi) is 11.0. The minimum Gasteiger partial charge on any atom is -0.467 e. The molecule has 0 saturated carbocycles. The van der Waals surface area contributed by atoms with Gasteiger partial charge in [0, 0.05) is 40.1 Å². The molecule has 0 atom stereocenters. The normalized spacial score (nSPS) is 13.2. The van der Waals surface area contributed by atoms with E-state index in [2.05, 4.69) is 0 Å². The van der Waals surface area contributed by atoms with Crippen LogP contribution in [0.25, 0.3) is 6.08 Å². The Morgan fingerprint density at radius 2 is 1.39 bits per heavy atom. The first kappa shape index (κ1) is 29.0. The predicted octanol–water partition coefficient (Wildman–Crippen LogP) is 4.74. The van der Waals surface area contributed by atoms with Crippen LogP contribution < -0.4 is 23.7 Å². The number of hydrogen-bond donors (Lipinski definition) is 0. The molecule has 0 N–H and O–H groups in total. The van der Waals surface area contributed by atoms with Crippen LogP contribution in [0.3, 0.4) is 0 Å². The summed E-state index contributed by atoms with van der Waals surface area (Å²) in [6, 6.07) is 6.87. The number of fused-ring (bicyclic) bond motifs is 1. The zero-order valence-corrected chi connectivity index (χ0v) is 22.6. The van der Waals surface area contributed by atoms with Gasteiger partial charge in [0.05, 0.1) is 0 Å². The second-order valence-corrected chi connectivity index (χ2v) is 8.39. The van der Waals surface area contributed by atoms with Gasteiger partial charge in [-0.25, -0.2) is 0 Å². The molecule has 0 bridgehead atoms. The number of Topliss-reactive ketones (excluding diaryl/α,β-unsaturated/α-hetero) is 1. The van der Waals surface area contributed by atoms with Gasteiger partial charge in [-0.15, -0.1) is 0 Å². The Bertz CT molecular complexity index is 1160. The molecule has 1 heterocycles. The lowest BCUT2D eigenvalue weighted by atomic mass is 10.00. The van der Waals surface area contributed by atoms with E-state index in [1.165, 1.54) is 28.4 Å². The van der Waals surface area contributed by atoms with E-state index in [1.807, 2.05) is 19.9 Å². The van der Waals surface area contributed by atoms with Gasteiger partial charge in [-0.2, -0.15) is 0 Å². The lowest BCUT2D eigenvalue weighted by molar-refractivity contribution is 0.0322. The van der Waals surface area contributed by atoms with E-state index in [4.69, 9.17) is 42.6 Å². The summed E-state index contributed by atoms with van der Waals surface area (Å²) in [5.74, 6) is 1.81. The molecule has 3 rings (SSSR count). The largest absolute Gasteiger partial charge is 0.467 e. The number of carbonyl (C=O) groups excluding carboxylic acids is 1. The molecule has 38 heavy (non-hydrogen) atoms.